The maximum Gasteiger partial charge on any atom is 0.0571 e. The highest BCUT2D eigenvalue weighted by Crippen LogP contribution is 2.46. The third-order valence-electron chi connectivity index (χ3n) is 2.62. The van der Waals surface area contributed by atoms with Gasteiger partial charge in [0.25, 0.3) is 0 Å². The van der Waals surface area contributed by atoms with E-state index in [9.17, 15) is 0 Å². The smallest absolute Gasteiger partial charge is 0.0571 e. The number of thioether (sulfide) groups is 2. The standard InChI is InChI=1S/C14H10Cl4S3/c1-19-7-3-9(15)13(10(16)4-7)21-14-11(17)5-8(20-2)6-12(14)18/h3-6H,1-2H3. The molecular formula is C14H10Cl4S3. The van der Waals surface area contributed by atoms with E-state index in [0.29, 0.717) is 20.1 Å². The lowest BCUT2D eigenvalue weighted by Gasteiger charge is -2.12. The second-order valence-electron chi connectivity index (χ2n) is 3.94. The van der Waals surface area contributed by atoms with E-state index in [1.807, 2.05) is 36.8 Å². The summed E-state index contributed by atoms with van der Waals surface area (Å²) in [5.74, 6) is 0. The molecule has 2 aromatic rings. The van der Waals surface area contributed by atoms with Crippen LogP contribution in [0.3, 0.4) is 0 Å². The van der Waals surface area contributed by atoms with Gasteiger partial charge in [0.1, 0.15) is 0 Å². The van der Waals surface area contributed by atoms with E-state index >= 15 is 0 Å². The Morgan fingerprint density at radius 3 is 1.14 bits per heavy atom. The van der Waals surface area contributed by atoms with Crippen molar-refractivity contribution >= 4 is 81.7 Å². The predicted molar refractivity (Wildman–Crippen MR) is 101 cm³/mol. The molecule has 0 spiro atoms. The van der Waals surface area contributed by atoms with Gasteiger partial charge < -0.3 is 0 Å². The molecular weight excluding hydrogens is 406 g/mol. The van der Waals surface area contributed by atoms with Crippen molar-refractivity contribution in [2.24, 2.45) is 0 Å². The van der Waals surface area contributed by atoms with Gasteiger partial charge in [0, 0.05) is 19.6 Å². The minimum Gasteiger partial charge on any atom is -0.129 e. The van der Waals surface area contributed by atoms with Crippen LogP contribution in [0.15, 0.2) is 43.8 Å². The molecule has 0 aliphatic heterocycles. The normalized spacial score (nSPS) is 11.0. The van der Waals surface area contributed by atoms with Crippen LogP contribution in [0.5, 0.6) is 0 Å². The summed E-state index contributed by atoms with van der Waals surface area (Å²) in [4.78, 5) is 3.56. The summed E-state index contributed by atoms with van der Waals surface area (Å²) in [6, 6.07) is 7.55. The molecule has 0 aromatic heterocycles. The lowest BCUT2D eigenvalue weighted by Crippen LogP contribution is -1.84. The number of benzene rings is 2. The molecule has 2 aromatic carbocycles. The fourth-order valence-electron chi connectivity index (χ4n) is 1.61. The SMILES string of the molecule is CSc1cc(Cl)c(Sc2c(Cl)cc(SC)cc2Cl)c(Cl)c1. The lowest BCUT2D eigenvalue weighted by molar-refractivity contribution is 1.32. The Labute approximate surface area is 157 Å². The first kappa shape index (κ1) is 18.0. The minimum atomic E-state index is 0.595. The van der Waals surface area contributed by atoms with E-state index in [1.165, 1.54) is 11.8 Å². The highest BCUT2D eigenvalue weighted by Gasteiger charge is 2.15. The molecule has 0 nitrogen and oxygen atoms in total. The summed E-state index contributed by atoms with van der Waals surface area (Å²) >= 11 is 29.8. The third-order valence-corrected chi connectivity index (χ3v) is 6.96. The van der Waals surface area contributed by atoms with Crippen molar-refractivity contribution in [3.05, 3.63) is 44.4 Å². The predicted octanol–water partition coefficient (Wildman–Crippen LogP) is 7.90. The first-order valence-electron chi connectivity index (χ1n) is 5.70. The van der Waals surface area contributed by atoms with Gasteiger partial charge in [0.05, 0.1) is 20.1 Å². The molecule has 0 saturated heterocycles. The summed E-state index contributed by atoms with van der Waals surface area (Å²) in [5.41, 5.74) is 0. The summed E-state index contributed by atoms with van der Waals surface area (Å²) in [7, 11) is 0. The van der Waals surface area contributed by atoms with Gasteiger partial charge in [0.15, 0.2) is 0 Å². The van der Waals surface area contributed by atoms with Crippen LogP contribution in [0.1, 0.15) is 0 Å². The molecule has 0 radical (unpaired) electrons. The zero-order chi connectivity index (χ0) is 15.6. The highest BCUT2D eigenvalue weighted by molar-refractivity contribution is 8.00. The molecule has 21 heavy (non-hydrogen) atoms. The van der Waals surface area contributed by atoms with E-state index in [-0.39, 0.29) is 0 Å². The van der Waals surface area contributed by atoms with Gasteiger partial charge >= 0.3 is 0 Å². The van der Waals surface area contributed by atoms with E-state index in [4.69, 9.17) is 46.4 Å². The van der Waals surface area contributed by atoms with Crippen LogP contribution >= 0.6 is 81.7 Å². The van der Waals surface area contributed by atoms with E-state index in [2.05, 4.69) is 0 Å². The van der Waals surface area contributed by atoms with Gasteiger partial charge in [0.2, 0.25) is 0 Å². The fourth-order valence-corrected chi connectivity index (χ4v) is 5.07. The second kappa shape index (κ2) is 7.96. The van der Waals surface area contributed by atoms with E-state index in [0.717, 1.165) is 19.6 Å². The Balaban J connectivity index is 2.43. The molecule has 112 valence electrons. The van der Waals surface area contributed by atoms with Crippen LogP contribution in [-0.2, 0) is 0 Å². The van der Waals surface area contributed by atoms with Crippen LogP contribution < -0.4 is 0 Å². The molecule has 0 amide bonds. The van der Waals surface area contributed by atoms with Crippen molar-refractivity contribution in [3.63, 3.8) is 0 Å². The molecule has 7 heteroatoms. The molecule has 0 aliphatic carbocycles. The maximum absolute atomic E-state index is 6.32. The molecule has 0 atom stereocenters. The topological polar surface area (TPSA) is 0 Å². The molecule has 0 bridgehead atoms. The maximum atomic E-state index is 6.32. The van der Waals surface area contributed by atoms with Crippen LogP contribution in [0.25, 0.3) is 0 Å². The Bertz CT molecular complexity index is 570. The third kappa shape index (κ3) is 4.35. The van der Waals surface area contributed by atoms with Gasteiger partial charge in [-0.1, -0.05) is 58.2 Å². The van der Waals surface area contributed by atoms with Crippen molar-refractivity contribution in [1.29, 1.82) is 0 Å². The first-order valence-corrected chi connectivity index (χ1v) is 10.5. The van der Waals surface area contributed by atoms with Crippen molar-refractivity contribution in [1.82, 2.24) is 0 Å². The zero-order valence-electron chi connectivity index (χ0n) is 11.0. The quantitative estimate of drug-likeness (QED) is 0.465. The van der Waals surface area contributed by atoms with E-state index in [1.54, 1.807) is 23.5 Å². The van der Waals surface area contributed by atoms with Crippen LogP contribution in [0.2, 0.25) is 20.1 Å². The summed E-state index contributed by atoms with van der Waals surface area (Å²) in [5, 5.41) is 2.38. The fraction of sp³-hybridized carbons (Fsp3) is 0.143. The minimum absolute atomic E-state index is 0.595. The van der Waals surface area contributed by atoms with Crippen LogP contribution in [-0.4, -0.2) is 12.5 Å². The molecule has 0 unspecified atom stereocenters. The van der Waals surface area contributed by atoms with Gasteiger partial charge in [-0.15, -0.1) is 23.5 Å². The van der Waals surface area contributed by atoms with Gasteiger partial charge in [-0.05, 0) is 36.8 Å². The molecule has 0 saturated carbocycles. The van der Waals surface area contributed by atoms with Gasteiger partial charge in [-0.25, -0.2) is 0 Å². The Kier molecular flexibility index (Phi) is 6.82. The molecule has 0 heterocycles. The number of halogens is 4. The average molecular weight is 416 g/mol. The molecule has 0 fully saturated rings. The zero-order valence-corrected chi connectivity index (χ0v) is 16.5. The Morgan fingerprint density at radius 1 is 0.619 bits per heavy atom. The highest BCUT2D eigenvalue weighted by atomic mass is 35.5. The second-order valence-corrected chi connectivity index (χ2v) is 8.35. The van der Waals surface area contributed by atoms with Crippen LogP contribution in [0, 0.1) is 0 Å². The monoisotopic (exact) mass is 414 g/mol. The molecule has 0 aliphatic rings. The Hall–Kier alpha value is 0.650. The first-order chi connectivity index (χ1) is 9.96. The molecule has 2 rings (SSSR count). The summed E-state index contributed by atoms with van der Waals surface area (Å²) < 4.78 is 0. The summed E-state index contributed by atoms with van der Waals surface area (Å²) in [6.45, 7) is 0. The van der Waals surface area contributed by atoms with Crippen molar-refractivity contribution in [2.45, 2.75) is 19.6 Å². The number of hydrogen-bond acceptors (Lipinski definition) is 3. The average Bonchev–Trinajstić information content (AvgIpc) is 2.44. The van der Waals surface area contributed by atoms with Crippen LogP contribution in [0.4, 0.5) is 0 Å². The summed E-state index contributed by atoms with van der Waals surface area (Å²) in [6.07, 6.45) is 3.95. The van der Waals surface area contributed by atoms with Crippen molar-refractivity contribution in [3.8, 4) is 0 Å². The van der Waals surface area contributed by atoms with Gasteiger partial charge in [-0.2, -0.15) is 0 Å². The Morgan fingerprint density at radius 2 is 0.905 bits per heavy atom. The van der Waals surface area contributed by atoms with E-state index < -0.39 is 0 Å². The van der Waals surface area contributed by atoms with Crippen molar-refractivity contribution < 1.29 is 0 Å². The lowest BCUT2D eigenvalue weighted by atomic mass is 10.3. The van der Waals surface area contributed by atoms with Crippen molar-refractivity contribution in [2.75, 3.05) is 12.5 Å². The number of rotatable bonds is 4. The largest absolute Gasteiger partial charge is 0.129 e. The van der Waals surface area contributed by atoms with Gasteiger partial charge in [-0.3, -0.25) is 0 Å². The molecule has 0 N–H and O–H groups in total. The number of hydrogen-bond donors (Lipinski definition) is 0.